The first-order valence-corrected chi connectivity index (χ1v) is 6.34. The lowest BCUT2D eigenvalue weighted by atomic mass is 9.91. The lowest BCUT2D eigenvalue weighted by Crippen LogP contribution is -2.16. The molecular weight excluding hydrogens is 234 g/mol. The number of benzene rings is 2. The van der Waals surface area contributed by atoms with E-state index in [2.05, 4.69) is 6.07 Å². The second-order valence-corrected chi connectivity index (χ2v) is 4.95. The molecule has 1 aliphatic carbocycles. The van der Waals surface area contributed by atoms with Crippen molar-refractivity contribution in [2.45, 2.75) is 12.3 Å². The summed E-state index contributed by atoms with van der Waals surface area (Å²) < 4.78 is 0. The number of carbonyl (C=O) groups excluding carboxylic acids is 1. The molecule has 1 fully saturated rings. The Labute approximate surface area is 112 Å². The van der Waals surface area contributed by atoms with Gasteiger partial charge in [-0.25, -0.2) is 0 Å². The molecule has 0 amide bonds. The second kappa shape index (κ2) is 4.37. The molecule has 0 heterocycles. The van der Waals surface area contributed by atoms with Gasteiger partial charge in [0, 0.05) is 11.5 Å². The van der Waals surface area contributed by atoms with Crippen LogP contribution in [0.25, 0.3) is 0 Å². The van der Waals surface area contributed by atoms with Crippen molar-refractivity contribution in [3.63, 3.8) is 0 Å². The molecule has 0 N–H and O–H groups in total. The first kappa shape index (κ1) is 11.7. The van der Waals surface area contributed by atoms with Crippen molar-refractivity contribution in [3.8, 4) is 6.07 Å². The van der Waals surface area contributed by atoms with Gasteiger partial charge in [0.2, 0.25) is 0 Å². The van der Waals surface area contributed by atoms with Gasteiger partial charge in [0.25, 0.3) is 0 Å². The van der Waals surface area contributed by atoms with Crippen molar-refractivity contribution in [1.82, 2.24) is 0 Å². The number of hydrogen-bond acceptors (Lipinski definition) is 2. The van der Waals surface area contributed by atoms with Crippen LogP contribution < -0.4 is 0 Å². The van der Waals surface area contributed by atoms with E-state index < -0.39 is 5.41 Å². The highest BCUT2D eigenvalue weighted by Gasteiger charge is 2.61. The molecule has 3 rings (SSSR count). The third-order valence-electron chi connectivity index (χ3n) is 3.80. The summed E-state index contributed by atoms with van der Waals surface area (Å²) in [6.45, 7) is 0. The molecule has 0 spiro atoms. The van der Waals surface area contributed by atoms with Crippen LogP contribution in [0.3, 0.4) is 0 Å². The summed E-state index contributed by atoms with van der Waals surface area (Å²) in [4.78, 5) is 12.5. The van der Waals surface area contributed by atoms with E-state index >= 15 is 0 Å². The maximum atomic E-state index is 12.5. The average Bonchev–Trinajstić information content (AvgIpc) is 3.24. The van der Waals surface area contributed by atoms with Crippen LogP contribution in [0.15, 0.2) is 60.7 Å². The monoisotopic (exact) mass is 247 g/mol. The number of rotatable bonds is 3. The van der Waals surface area contributed by atoms with E-state index in [-0.39, 0.29) is 11.7 Å². The fourth-order valence-electron chi connectivity index (χ4n) is 2.62. The number of nitrogens with zero attached hydrogens (tertiary/aromatic N) is 1. The summed E-state index contributed by atoms with van der Waals surface area (Å²) in [5.41, 5.74) is 0.846. The predicted octanol–water partition coefficient (Wildman–Crippen LogP) is 3.57. The van der Waals surface area contributed by atoms with E-state index in [1.807, 2.05) is 48.5 Å². The average molecular weight is 247 g/mol. The largest absolute Gasteiger partial charge is 0.292 e. The Hall–Kier alpha value is -2.40. The van der Waals surface area contributed by atoms with Gasteiger partial charge in [-0.05, 0) is 12.0 Å². The highest BCUT2D eigenvalue weighted by Crippen LogP contribution is 2.60. The minimum absolute atomic E-state index is 0.0337. The summed E-state index contributed by atoms with van der Waals surface area (Å²) in [5.74, 6) is -0.0177. The van der Waals surface area contributed by atoms with Gasteiger partial charge in [-0.1, -0.05) is 60.7 Å². The van der Waals surface area contributed by atoms with Crippen LogP contribution in [0.5, 0.6) is 0 Å². The van der Waals surface area contributed by atoms with Gasteiger partial charge in [-0.3, -0.25) is 4.79 Å². The fraction of sp³-hybridized carbons (Fsp3) is 0.176. The summed E-state index contributed by atoms with van der Waals surface area (Å²) in [5, 5.41) is 9.45. The fourth-order valence-corrected chi connectivity index (χ4v) is 2.62. The van der Waals surface area contributed by atoms with Crippen LogP contribution in [0.2, 0.25) is 0 Å². The molecule has 0 aliphatic heterocycles. The molecular formula is C17H13NO. The van der Waals surface area contributed by atoms with E-state index in [0.717, 1.165) is 5.56 Å². The Bertz CT molecular complexity index is 642. The molecule has 0 saturated heterocycles. The number of ketones is 1. The highest BCUT2D eigenvalue weighted by atomic mass is 16.1. The molecule has 2 nitrogen and oxygen atoms in total. The Morgan fingerprint density at radius 3 is 2.21 bits per heavy atom. The van der Waals surface area contributed by atoms with Crippen molar-refractivity contribution < 1.29 is 4.79 Å². The number of Topliss-reactive ketones (excluding diaryl/α,β-unsaturated/α-hetero) is 1. The Kier molecular flexibility index (Phi) is 2.68. The molecule has 2 aromatic rings. The standard InChI is InChI=1S/C17H13NO/c18-12-17(16(19)14-9-5-2-6-10-14)11-15(17)13-7-3-1-4-8-13/h1-10,15H,11H2/t15-,17-/m1/s1. The normalized spacial score (nSPS) is 24.5. The van der Waals surface area contributed by atoms with Crippen LogP contribution >= 0.6 is 0 Å². The maximum Gasteiger partial charge on any atom is 0.183 e. The molecule has 0 unspecified atom stereocenters. The van der Waals surface area contributed by atoms with E-state index in [0.29, 0.717) is 12.0 Å². The number of hydrogen-bond donors (Lipinski definition) is 0. The summed E-state index contributed by atoms with van der Waals surface area (Å²) in [7, 11) is 0. The van der Waals surface area contributed by atoms with E-state index in [4.69, 9.17) is 0 Å². The van der Waals surface area contributed by atoms with Crippen LogP contribution in [0.1, 0.15) is 28.3 Å². The minimum atomic E-state index is -0.858. The van der Waals surface area contributed by atoms with Gasteiger partial charge in [0.05, 0.1) is 6.07 Å². The number of nitriles is 1. The second-order valence-electron chi connectivity index (χ2n) is 4.95. The van der Waals surface area contributed by atoms with Crippen LogP contribution in [-0.4, -0.2) is 5.78 Å². The molecule has 2 atom stereocenters. The minimum Gasteiger partial charge on any atom is -0.292 e. The van der Waals surface area contributed by atoms with Gasteiger partial charge < -0.3 is 0 Å². The maximum absolute atomic E-state index is 12.5. The van der Waals surface area contributed by atoms with Crippen LogP contribution in [-0.2, 0) is 0 Å². The molecule has 0 radical (unpaired) electrons. The summed E-state index contributed by atoms with van der Waals surface area (Å²) >= 11 is 0. The van der Waals surface area contributed by atoms with Crippen molar-refractivity contribution >= 4 is 5.78 Å². The van der Waals surface area contributed by atoms with Gasteiger partial charge in [0.1, 0.15) is 5.41 Å². The zero-order valence-corrected chi connectivity index (χ0v) is 10.4. The quantitative estimate of drug-likeness (QED) is 0.778. The smallest absolute Gasteiger partial charge is 0.183 e. The molecule has 2 heteroatoms. The highest BCUT2D eigenvalue weighted by molar-refractivity contribution is 6.05. The molecule has 0 aromatic heterocycles. The van der Waals surface area contributed by atoms with Gasteiger partial charge in [-0.2, -0.15) is 5.26 Å². The third kappa shape index (κ3) is 1.84. The molecule has 0 bridgehead atoms. The zero-order valence-electron chi connectivity index (χ0n) is 10.4. The molecule has 92 valence electrons. The Balaban J connectivity index is 1.92. The van der Waals surface area contributed by atoms with Crippen molar-refractivity contribution in [1.29, 1.82) is 5.26 Å². The Morgan fingerprint density at radius 2 is 1.63 bits per heavy atom. The van der Waals surface area contributed by atoms with Crippen molar-refractivity contribution in [2.75, 3.05) is 0 Å². The number of carbonyl (C=O) groups is 1. The molecule has 1 aliphatic rings. The first-order chi connectivity index (χ1) is 9.28. The van der Waals surface area contributed by atoms with Gasteiger partial charge >= 0.3 is 0 Å². The third-order valence-corrected chi connectivity index (χ3v) is 3.80. The van der Waals surface area contributed by atoms with E-state index in [1.54, 1.807) is 12.1 Å². The zero-order chi connectivity index (χ0) is 13.3. The first-order valence-electron chi connectivity index (χ1n) is 6.34. The van der Waals surface area contributed by atoms with Crippen molar-refractivity contribution in [3.05, 3.63) is 71.8 Å². The predicted molar refractivity (Wildman–Crippen MR) is 72.6 cm³/mol. The van der Waals surface area contributed by atoms with E-state index in [9.17, 15) is 10.1 Å². The summed E-state index contributed by atoms with van der Waals surface area (Å²) in [6.07, 6.45) is 0.626. The van der Waals surface area contributed by atoms with Crippen molar-refractivity contribution in [2.24, 2.45) is 5.41 Å². The molecule has 1 saturated carbocycles. The lowest BCUT2D eigenvalue weighted by Gasteiger charge is -2.08. The summed E-state index contributed by atoms with van der Waals surface area (Å²) in [6, 6.07) is 21.2. The molecule has 2 aromatic carbocycles. The van der Waals surface area contributed by atoms with E-state index in [1.165, 1.54) is 0 Å². The SMILES string of the molecule is N#C[C@]1(C(=O)c2ccccc2)C[C@@H]1c1ccccc1. The van der Waals surface area contributed by atoms with Gasteiger partial charge in [0.15, 0.2) is 5.78 Å². The van der Waals surface area contributed by atoms with Crippen LogP contribution in [0, 0.1) is 16.7 Å². The lowest BCUT2D eigenvalue weighted by molar-refractivity contribution is 0.0931. The topological polar surface area (TPSA) is 40.9 Å². The molecule has 19 heavy (non-hydrogen) atoms. The van der Waals surface area contributed by atoms with Gasteiger partial charge in [-0.15, -0.1) is 0 Å². The Morgan fingerprint density at radius 1 is 1.05 bits per heavy atom. The van der Waals surface area contributed by atoms with Crippen LogP contribution in [0.4, 0.5) is 0 Å².